The maximum absolute atomic E-state index is 13.0. The Kier molecular flexibility index (Phi) is 5.84. The Balaban J connectivity index is 1.32. The quantitative estimate of drug-likeness (QED) is 0.640. The normalized spacial score (nSPS) is 26.0. The molecule has 4 rings (SSSR count). The number of piperidine rings is 1. The van der Waals surface area contributed by atoms with Gasteiger partial charge in [0, 0.05) is 32.9 Å². The Bertz CT molecular complexity index is 759. The molecule has 0 bridgehead atoms. The van der Waals surface area contributed by atoms with E-state index in [-0.39, 0.29) is 10.5 Å². The Morgan fingerprint density at radius 3 is 2.57 bits per heavy atom. The zero-order valence-electron chi connectivity index (χ0n) is 17.0. The van der Waals surface area contributed by atoms with E-state index in [2.05, 4.69) is 5.16 Å². The van der Waals surface area contributed by atoms with Crippen LogP contribution in [0.1, 0.15) is 56.4 Å². The van der Waals surface area contributed by atoms with E-state index in [4.69, 9.17) is 14.0 Å². The van der Waals surface area contributed by atoms with Crippen LogP contribution in [0.2, 0.25) is 0 Å². The van der Waals surface area contributed by atoms with E-state index < -0.39 is 10.0 Å². The maximum Gasteiger partial charge on any atom is 0.248 e. The van der Waals surface area contributed by atoms with Crippen molar-refractivity contribution in [2.24, 2.45) is 11.8 Å². The molecule has 158 valence electrons. The largest absolute Gasteiger partial charge is 0.381 e. The third-order valence-electron chi connectivity index (χ3n) is 6.52. The summed E-state index contributed by atoms with van der Waals surface area (Å²) in [4.78, 5) is 0.221. The minimum Gasteiger partial charge on any atom is -0.381 e. The van der Waals surface area contributed by atoms with E-state index in [0.717, 1.165) is 57.8 Å². The van der Waals surface area contributed by atoms with Crippen LogP contribution >= 0.6 is 0 Å². The van der Waals surface area contributed by atoms with Crippen LogP contribution in [0, 0.1) is 25.7 Å². The van der Waals surface area contributed by atoms with Crippen molar-refractivity contribution in [1.82, 2.24) is 9.46 Å². The van der Waals surface area contributed by atoms with Gasteiger partial charge in [0.1, 0.15) is 10.6 Å². The summed E-state index contributed by atoms with van der Waals surface area (Å²) >= 11 is 0. The summed E-state index contributed by atoms with van der Waals surface area (Å²) in [5.41, 5.74) is 0.252. The zero-order valence-corrected chi connectivity index (χ0v) is 17.8. The van der Waals surface area contributed by atoms with Gasteiger partial charge in [-0.2, -0.15) is 4.31 Å². The first-order chi connectivity index (χ1) is 13.4. The van der Waals surface area contributed by atoms with Crippen LogP contribution in [0.15, 0.2) is 9.42 Å². The minimum absolute atomic E-state index is 0.176. The Hall–Kier alpha value is -0.960. The first-order valence-corrected chi connectivity index (χ1v) is 12.0. The predicted molar refractivity (Wildman–Crippen MR) is 104 cm³/mol. The molecule has 1 unspecified atom stereocenters. The minimum atomic E-state index is -3.57. The van der Waals surface area contributed by atoms with Crippen LogP contribution in [0.4, 0.5) is 0 Å². The highest BCUT2D eigenvalue weighted by Crippen LogP contribution is 2.40. The van der Waals surface area contributed by atoms with Crippen LogP contribution in [-0.2, 0) is 19.5 Å². The van der Waals surface area contributed by atoms with Gasteiger partial charge in [-0.25, -0.2) is 8.42 Å². The average Bonchev–Trinajstić information content (AvgIpc) is 3.42. The van der Waals surface area contributed by atoms with Crippen LogP contribution in [0.5, 0.6) is 0 Å². The van der Waals surface area contributed by atoms with E-state index in [9.17, 15) is 8.42 Å². The first-order valence-electron chi connectivity index (χ1n) is 10.5. The van der Waals surface area contributed by atoms with Gasteiger partial charge in [0.05, 0.1) is 5.60 Å². The fourth-order valence-electron chi connectivity index (χ4n) is 4.61. The van der Waals surface area contributed by atoms with Crippen LogP contribution in [0.3, 0.4) is 0 Å². The highest BCUT2D eigenvalue weighted by atomic mass is 32.2. The second-order valence-electron chi connectivity index (χ2n) is 8.75. The van der Waals surface area contributed by atoms with Gasteiger partial charge in [0.2, 0.25) is 10.0 Å². The lowest BCUT2D eigenvalue weighted by Gasteiger charge is -2.45. The van der Waals surface area contributed by atoms with E-state index in [1.807, 2.05) is 0 Å². The number of hydrogen-bond acceptors (Lipinski definition) is 6. The lowest BCUT2D eigenvalue weighted by Crippen LogP contribution is -2.50. The van der Waals surface area contributed by atoms with Crippen molar-refractivity contribution in [3.8, 4) is 0 Å². The van der Waals surface area contributed by atoms with Gasteiger partial charge in [-0.15, -0.1) is 0 Å². The number of rotatable bonds is 7. The lowest BCUT2D eigenvalue weighted by atomic mass is 9.79. The van der Waals surface area contributed by atoms with Crippen molar-refractivity contribution in [3.05, 3.63) is 11.5 Å². The molecule has 3 heterocycles. The van der Waals surface area contributed by atoms with Crippen molar-refractivity contribution in [2.45, 2.75) is 69.3 Å². The van der Waals surface area contributed by atoms with Crippen LogP contribution in [0.25, 0.3) is 0 Å². The Morgan fingerprint density at radius 1 is 1.18 bits per heavy atom. The van der Waals surface area contributed by atoms with Crippen molar-refractivity contribution in [2.75, 3.05) is 32.9 Å². The van der Waals surface area contributed by atoms with Gasteiger partial charge in [0.15, 0.2) is 5.76 Å². The molecule has 1 aliphatic carbocycles. The molecule has 2 aliphatic heterocycles. The van der Waals surface area contributed by atoms with Gasteiger partial charge < -0.3 is 14.0 Å². The van der Waals surface area contributed by atoms with E-state index in [1.165, 1.54) is 12.8 Å². The SMILES string of the molecule is Cc1noc(C)c1S(=O)(=O)N1CCC2(CC1)CC(CCOCC1CC1)CCO2. The van der Waals surface area contributed by atoms with Crippen molar-refractivity contribution < 1.29 is 22.4 Å². The number of nitrogens with zero attached hydrogens (tertiary/aromatic N) is 2. The molecule has 0 N–H and O–H groups in total. The lowest BCUT2D eigenvalue weighted by molar-refractivity contribution is -0.123. The second kappa shape index (κ2) is 8.05. The number of sulfonamides is 1. The third kappa shape index (κ3) is 4.30. The van der Waals surface area contributed by atoms with Gasteiger partial charge >= 0.3 is 0 Å². The topological polar surface area (TPSA) is 81.9 Å². The molecule has 28 heavy (non-hydrogen) atoms. The maximum atomic E-state index is 13.0. The molecule has 1 atom stereocenters. The second-order valence-corrected chi connectivity index (χ2v) is 10.6. The van der Waals surface area contributed by atoms with E-state index in [0.29, 0.717) is 30.5 Å². The predicted octanol–water partition coefficient (Wildman–Crippen LogP) is 3.06. The molecule has 1 spiro atoms. The first kappa shape index (κ1) is 20.3. The van der Waals surface area contributed by atoms with Crippen LogP contribution < -0.4 is 0 Å². The number of hydrogen-bond donors (Lipinski definition) is 0. The molecule has 8 heteroatoms. The van der Waals surface area contributed by atoms with Crippen molar-refractivity contribution in [1.29, 1.82) is 0 Å². The summed E-state index contributed by atoms with van der Waals surface area (Å²) in [6.07, 6.45) is 7.32. The molecule has 2 saturated heterocycles. The standard InChI is InChI=1S/C20H32N2O5S/c1-15-19(16(2)27-21-15)28(23,24)22-9-7-20(8-10-22)13-17(6-12-26-20)5-11-25-14-18-3-4-18/h17-18H,3-14H2,1-2H3. The average molecular weight is 413 g/mol. The molecule has 1 aromatic rings. The van der Waals surface area contributed by atoms with Gasteiger partial charge in [-0.1, -0.05) is 5.16 Å². The van der Waals surface area contributed by atoms with Crippen molar-refractivity contribution in [3.63, 3.8) is 0 Å². The van der Waals surface area contributed by atoms with E-state index in [1.54, 1.807) is 18.2 Å². The molecule has 0 radical (unpaired) electrons. The number of ether oxygens (including phenoxy) is 2. The highest BCUT2D eigenvalue weighted by Gasteiger charge is 2.43. The third-order valence-corrected chi connectivity index (χ3v) is 8.66. The van der Waals surface area contributed by atoms with Gasteiger partial charge in [-0.3, -0.25) is 0 Å². The summed E-state index contributed by atoms with van der Waals surface area (Å²) in [5.74, 6) is 1.78. The summed E-state index contributed by atoms with van der Waals surface area (Å²) in [6.45, 7) is 6.82. The molecular formula is C20H32N2O5S. The summed E-state index contributed by atoms with van der Waals surface area (Å²) in [5, 5.41) is 3.80. The smallest absolute Gasteiger partial charge is 0.248 e. The van der Waals surface area contributed by atoms with Crippen LogP contribution in [-0.4, -0.2) is 56.4 Å². The molecule has 1 aromatic heterocycles. The molecule has 3 fully saturated rings. The molecular weight excluding hydrogens is 380 g/mol. The number of aryl methyl sites for hydroxylation is 2. The molecule has 1 saturated carbocycles. The Labute approximate surface area is 167 Å². The summed E-state index contributed by atoms with van der Waals surface area (Å²) in [7, 11) is -3.57. The fraction of sp³-hybridized carbons (Fsp3) is 0.850. The monoisotopic (exact) mass is 412 g/mol. The molecule has 0 amide bonds. The Morgan fingerprint density at radius 2 is 1.93 bits per heavy atom. The summed E-state index contributed by atoms with van der Waals surface area (Å²) in [6, 6.07) is 0. The van der Waals surface area contributed by atoms with Gasteiger partial charge in [0.25, 0.3) is 0 Å². The zero-order chi connectivity index (χ0) is 19.8. The fourth-order valence-corrected chi connectivity index (χ4v) is 6.35. The van der Waals surface area contributed by atoms with Gasteiger partial charge in [-0.05, 0) is 70.6 Å². The van der Waals surface area contributed by atoms with Crippen molar-refractivity contribution >= 4 is 10.0 Å². The number of aromatic nitrogens is 1. The summed E-state index contributed by atoms with van der Waals surface area (Å²) < 4.78 is 44.7. The molecule has 3 aliphatic rings. The molecule has 7 nitrogen and oxygen atoms in total. The highest BCUT2D eigenvalue weighted by molar-refractivity contribution is 7.89. The van der Waals surface area contributed by atoms with E-state index >= 15 is 0 Å². The molecule has 0 aromatic carbocycles.